The number of ether oxygens (including phenoxy) is 2. The van der Waals surface area contributed by atoms with Gasteiger partial charge in [0, 0.05) is 11.5 Å². The fourth-order valence-electron chi connectivity index (χ4n) is 4.31. The number of hydrogen-bond acceptors (Lipinski definition) is 4. The number of esters is 1. The maximum absolute atomic E-state index is 15.6. The van der Waals surface area contributed by atoms with Gasteiger partial charge in [-0.15, -0.1) is 0 Å². The van der Waals surface area contributed by atoms with Gasteiger partial charge in [0.25, 0.3) is 0 Å². The second-order valence-electron chi connectivity index (χ2n) is 8.15. The average molecular weight is 490 g/mol. The number of carbonyl (C=O) groups is 1. The van der Waals surface area contributed by atoms with Crippen molar-refractivity contribution >= 4 is 5.97 Å². The number of carbonyl (C=O) groups excluding carboxylic acids is 1. The molecule has 0 spiro atoms. The summed E-state index contributed by atoms with van der Waals surface area (Å²) in [5.74, 6) is -22.6. The van der Waals surface area contributed by atoms with E-state index in [0.717, 1.165) is 0 Å². The van der Waals surface area contributed by atoms with Gasteiger partial charge in [-0.2, -0.15) is 43.9 Å². The van der Waals surface area contributed by atoms with Crippen LogP contribution in [0, 0.1) is 5.92 Å². The molecule has 0 radical (unpaired) electrons. The van der Waals surface area contributed by atoms with Gasteiger partial charge in [0.15, 0.2) is 0 Å². The van der Waals surface area contributed by atoms with Crippen LogP contribution in [0.3, 0.4) is 0 Å². The van der Waals surface area contributed by atoms with Crippen LogP contribution in [0.1, 0.15) is 46.0 Å². The first-order chi connectivity index (χ1) is 14.1. The molecular formula is C18H20F10O4. The van der Waals surface area contributed by atoms with E-state index in [9.17, 15) is 45.0 Å². The number of hydrogen-bond donors (Lipinski definition) is 1. The van der Waals surface area contributed by atoms with Crippen LogP contribution < -0.4 is 0 Å². The Kier molecular flexibility index (Phi) is 6.23. The van der Waals surface area contributed by atoms with Gasteiger partial charge in [-0.3, -0.25) is 0 Å². The van der Waals surface area contributed by atoms with Gasteiger partial charge >= 0.3 is 35.8 Å². The maximum atomic E-state index is 15.6. The van der Waals surface area contributed by atoms with Crippen molar-refractivity contribution in [2.75, 3.05) is 0 Å². The second-order valence-corrected chi connectivity index (χ2v) is 8.15. The van der Waals surface area contributed by atoms with Crippen LogP contribution in [0.4, 0.5) is 43.9 Å². The molecule has 1 aliphatic carbocycles. The lowest BCUT2D eigenvalue weighted by Gasteiger charge is -2.61. The first kappa shape index (κ1) is 26.7. The van der Waals surface area contributed by atoms with E-state index in [0.29, 0.717) is 6.92 Å². The summed E-state index contributed by atoms with van der Waals surface area (Å²) >= 11 is 0. The van der Waals surface area contributed by atoms with E-state index in [2.05, 4.69) is 16.1 Å². The largest absolute Gasteiger partial charge is 0.441 e. The molecule has 1 heterocycles. The Morgan fingerprint density at radius 1 is 0.969 bits per heavy atom. The van der Waals surface area contributed by atoms with Crippen molar-refractivity contribution in [1.82, 2.24) is 0 Å². The summed E-state index contributed by atoms with van der Waals surface area (Å²) in [7, 11) is 0. The molecule has 0 amide bonds. The summed E-state index contributed by atoms with van der Waals surface area (Å²) < 4.78 is 153. The van der Waals surface area contributed by atoms with Crippen LogP contribution in [0.15, 0.2) is 12.2 Å². The molecule has 0 aromatic heterocycles. The molecule has 1 N–H and O–H groups in total. The molecule has 32 heavy (non-hydrogen) atoms. The number of rotatable bonds is 3. The fourth-order valence-corrected chi connectivity index (χ4v) is 4.31. The van der Waals surface area contributed by atoms with Crippen molar-refractivity contribution in [1.29, 1.82) is 0 Å². The smallest absolute Gasteiger partial charge is 0.433 e. The van der Waals surface area contributed by atoms with Crippen LogP contribution in [-0.4, -0.2) is 52.3 Å². The number of halogens is 10. The Hall–Kier alpha value is -1.57. The summed E-state index contributed by atoms with van der Waals surface area (Å²) in [6.45, 7) is 3.08. The maximum Gasteiger partial charge on any atom is 0.441 e. The summed E-state index contributed by atoms with van der Waals surface area (Å²) in [6.07, 6.45) is -15.0. The third kappa shape index (κ3) is 3.23. The Morgan fingerprint density at radius 3 is 1.81 bits per heavy atom. The van der Waals surface area contributed by atoms with Gasteiger partial charge in [0.05, 0.1) is 0 Å². The zero-order valence-corrected chi connectivity index (χ0v) is 16.8. The second kappa shape index (κ2) is 7.47. The summed E-state index contributed by atoms with van der Waals surface area (Å²) in [4.78, 5) is 11.8. The van der Waals surface area contributed by atoms with Gasteiger partial charge < -0.3 is 14.6 Å². The molecule has 2 fully saturated rings. The molecule has 3 unspecified atom stereocenters. The third-order valence-electron chi connectivity index (χ3n) is 5.89. The van der Waals surface area contributed by atoms with Gasteiger partial charge in [-0.05, 0) is 26.7 Å². The zero-order valence-electron chi connectivity index (χ0n) is 16.8. The van der Waals surface area contributed by atoms with Crippen LogP contribution >= 0.6 is 0 Å². The predicted octanol–water partition coefficient (Wildman–Crippen LogP) is 5.30. The Labute approximate surface area is 175 Å². The third-order valence-corrected chi connectivity index (χ3v) is 5.89. The fraction of sp³-hybridized carbons (Fsp3) is 0.833. The van der Waals surface area contributed by atoms with E-state index in [1.807, 2.05) is 0 Å². The number of aliphatic hydroxyl groups is 1. The molecule has 0 bridgehead atoms. The molecule has 0 aromatic carbocycles. The standard InChI is InChI=1S/C18H20F10O4/c1-9(2)11(29)31-14(18(26,27)28)15(19,20)12(3,30)32-13(16(14,21)22,17(23,24)25)10-7-5-4-6-8-10/h10,30H,1,4-8H2,2-3H3. The minimum absolute atomic E-state index is 0.148. The van der Waals surface area contributed by atoms with E-state index < -0.39 is 71.5 Å². The molecule has 1 aliphatic heterocycles. The lowest BCUT2D eigenvalue weighted by molar-refractivity contribution is -0.552. The molecule has 1 saturated carbocycles. The molecule has 14 heteroatoms. The highest BCUT2D eigenvalue weighted by molar-refractivity contribution is 5.87. The van der Waals surface area contributed by atoms with Crippen LogP contribution in [-0.2, 0) is 14.3 Å². The molecule has 1 saturated heterocycles. The zero-order chi connectivity index (χ0) is 25.2. The molecule has 3 atom stereocenters. The monoisotopic (exact) mass is 490 g/mol. The summed E-state index contributed by atoms with van der Waals surface area (Å²) in [5.41, 5.74) is -12.8. The highest BCUT2D eigenvalue weighted by Crippen LogP contribution is 2.70. The van der Waals surface area contributed by atoms with E-state index >= 15 is 8.78 Å². The minimum atomic E-state index is -7.00. The van der Waals surface area contributed by atoms with Gasteiger partial charge in [-0.1, -0.05) is 25.8 Å². The van der Waals surface area contributed by atoms with E-state index in [1.165, 1.54) is 0 Å². The molecule has 0 aromatic rings. The van der Waals surface area contributed by atoms with Crippen molar-refractivity contribution in [2.24, 2.45) is 5.92 Å². The lowest BCUT2D eigenvalue weighted by atomic mass is 9.63. The van der Waals surface area contributed by atoms with Crippen molar-refractivity contribution in [3.05, 3.63) is 12.2 Å². The van der Waals surface area contributed by atoms with Crippen molar-refractivity contribution in [2.45, 2.75) is 87.1 Å². The SMILES string of the molecule is C=C(C)C(=O)OC1(C(F)(F)F)C(F)(F)C(C)(O)OC(C2CCCCC2)(C(F)(F)F)C1(F)F. The Bertz CT molecular complexity index is 767. The van der Waals surface area contributed by atoms with Crippen LogP contribution in [0.5, 0.6) is 0 Å². The van der Waals surface area contributed by atoms with Crippen LogP contribution in [0.25, 0.3) is 0 Å². The lowest BCUT2D eigenvalue weighted by Crippen LogP contribution is -2.89. The van der Waals surface area contributed by atoms with Crippen molar-refractivity contribution in [3.8, 4) is 0 Å². The highest BCUT2D eigenvalue weighted by Gasteiger charge is 2.99. The molecule has 4 nitrogen and oxygen atoms in total. The molecule has 2 aliphatic rings. The first-order valence-corrected chi connectivity index (χ1v) is 9.34. The van der Waals surface area contributed by atoms with E-state index in [-0.39, 0.29) is 26.2 Å². The van der Waals surface area contributed by atoms with Crippen molar-refractivity contribution < 1.29 is 63.3 Å². The van der Waals surface area contributed by atoms with E-state index in [1.54, 1.807) is 0 Å². The van der Waals surface area contributed by atoms with Gasteiger partial charge in [0.2, 0.25) is 11.4 Å². The molecule has 2 rings (SSSR count). The Balaban J connectivity index is 3.03. The average Bonchev–Trinajstić information content (AvgIpc) is 2.60. The summed E-state index contributed by atoms with van der Waals surface area (Å²) in [5, 5.41) is 10.00. The summed E-state index contributed by atoms with van der Waals surface area (Å²) in [6, 6.07) is 0. The topological polar surface area (TPSA) is 55.8 Å². The normalized spacial score (nSPS) is 35.9. The Morgan fingerprint density at radius 2 is 1.44 bits per heavy atom. The quantitative estimate of drug-likeness (QED) is 0.332. The van der Waals surface area contributed by atoms with Gasteiger partial charge in [-0.25, -0.2) is 4.79 Å². The minimum Gasteiger partial charge on any atom is -0.433 e. The number of alkyl halides is 10. The first-order valence-electron chi connectivity index (χ1n) is 9.34. The molecule has 186 valence electrons. The van der Waals surface area contributed by atoms with Crippen LogP contribution in [0.2, 0.25) is 0 Å². The highest BCUT2D eigenvalue weighted by atomic mass is 19.4. The van der Waals surface area contributed by atoms with Crippen molar-refractivity contribution in [3.63, 3.8) is 0 Å². The van der Waals surface area contributed by atoms with E-state index in [4.69, 9.17) is 0 Å². The molecular weight excluding hydrogens is 470 g/mol. The predicted molar refractivity (Wildman–Crippen MR) is 86.7 cm³/mol. The van der Waals surface area contributed by atoms with Gasteiger partial charge in [0.1, 0.15) is 0 Å².